The van der Waals surface area contributed by atoms with Crippen molar-refractivity contribution >= 4 is 22.1 Å². The molecule has 9 heteroatoms. The number of ether oxygens (including phenoxy) is 1. The van der Waals surface area contributed by atoms with Gasteiger partial charge in [-0.3, -0.25) is 20.0 Å². The number of aromatic nitrogens is 7. The maximum Gasteiger partial charge on any atom is 0.160 e. The van der Waals surface area contributed by atoms with Gasteiger partial charge in [-0.15, -0.1) is 0 Å². The summed E-state index contributed by atoms with van der Waals surface area (Å²) in [5.74, 6) is 1.42. The molecule has 2 N–H and O–H groups in total. The predicted octanol–water partition coefficient (Wildman–Crippen LogP) is 3.43. The lowest BCUT2D eigenvalue weighted by molar-refractivity contribution is 0.237. The van der Waals surface area contributed by atoms with E-state index in [-0.39, 0.29) is 0 Å². The fourth-order valence-electron chi connectivity index (χ4n) is 4.15. The third kappa shape index (κ3) is 3.56. The average Bonchev–Trinajstić information content (AvgIpc) is 3.58. The van der Waals surface area contributed by atoms with Crippen LogP contribution in [0.3, 0.4) is 0 Å². The van der Waals surface area contributed by atoms with Gasteiger partial charge < -0.3 is 9.72 Å². The molecule has 5 aromatic rings. The number of hydrogen-bond donors (Lipinski definition) is 2. The molecular weight excluding hydrogens is 404 g/mol. The Bertz CT molecular complexity index is 1350. The maximum absolute atomic E-state index is 5.96. The van der Waals surface area contributed by atoms with E-state index in [1.807, 2.05) is 24.3 Å². The molecule has 0 unspecified atom stereocenters. The number of aromatic amines is 2. The molecule has 1 saturated heterocycles. The Morgan fingerprint density at radius 3 is 2.91 bits per heavy atom. The van der Waals surface area contributed by atoms with Crippen molar-refractivity contribution in [2.45, 2.75) is 12.8 Å². The normalized spacial score (nSPS) is 14.5. The number of pyridine rings is 3. The van der Waals surface area contributed by atoms with E-state index in [4.69, 9.17) is 4.74 Å². The van der Waals surface area contributed by atoms with Crippen molar-refractivity contribution in [3.05, 3.63) is 49.1 Å². The minimum absolute atomic E-state index is 0.656. The molecule has 6 rings (SSSR count). The van der Waals surface area contributed by atoms with Crippen LogP contribution in [0.2, 0.25) is 0 Å². The molecule has 0 atom stereocenters. The number of H-pyrrole nitrogens is 2. The van der Waals surface area contributed by atoms with Crippen molar-refractivity contribution in [2.75, 3.05) is 26.2 Å². The highest BCUT2D eigenvalue weighted by molar-refractivity contribution is 5.94. The van der Waals surface area contributed by atoms with Crippen molar-refractivity contribution in [3.8, 4) is 28.5 Å². The zero-order chi connectivity index (χ0) is 21.3. The topological polar surface area (TPSA) is 108 Å². The zero-order valence-electron chi connectivity index (χ0n) is 17.5. The first-order chi connectivity index (χ1) is 15.8. The molecule has 0 aromatic carbocycles. The minimum Gasteiger partial charge on any atom is -0.491 e. The first-order valence-corrected chi connectivity index (χ1v) is 10.8. The van der Waals surface area contributed by atoms with Gasteiger partial charge in [0, 0.05) is 29.9 Å². The minimum atomic E-state index is 0.656. The summed E-state index contributed by atoms with van der Waals surface area (Å²) in [6.45, 7) is 3.93. The molecular formula is C23H22N8O. The van der Waals surface area contributed by atoms with E-state index in [9.17, 15) is 0 Å². The van der Waals surface area contributed by atoms with Gasteiger partial charge in [0.15, 0.2) is 11.5 Å². The average molecular weight is 426 g/mol. The Morgan fingerprint density at radius 2 is 2.00 bits per heavy atom. The Kier molecular flexibility index (Phi) is 4.73. The standard InChI is InChI=1S/C23H22N8O/c1-2-7-31(6-1)8-9-32-16-10-15(12-24-13-16)19-11-17-20(14-26-19)29-30-21(17)23-27-18-4-3-5-25-22(18)28-23/h3-5,10-14H,1-2,6-9H2,(H,29,30)(H,25,27,28). The summed E-state index contributed by atoms with van der Waals surface area (Å²) >= 11 is 0. The van der Waals surface area contributed by atoms with E-state index in [0.717, 1.165) is 51.3 Å². The van der Waals surface area contributed by atoms with E-state index in [0.29, 0.717) is 12.4 Å². The van der Waals surface area contributed by atoms with Crippen LogP contribution in [0.5, 0.6) is 5.75 Å². The van der Waals surface area contributed by atoms with Gasteiger partial charge in [-0.2, -0.15) is 5.10 Å². The highest BCUT2D eigenvalue weighted by Crippen LogP contribution is 2.29. The predicted molar refractivity (Wildman–Crippen MR) is 121 cm³/mol. The van der Waals surface area contributed by atoms with E-state index in [1.54, 1.807) is 24.8 Å². The SMILES string of the molecule is c1cnc2[nH]c(-c3n[nH]c4cnc(-c5cncc(OCCN6CCCC6)c5)cc34)nc2c1. The molecule has 0 radical (unpaired) electrons. The lowest BCUT2D eigenvalue weighted by Crippen LogP contribution is -2.25. The Hall–Kier alpha value is -3.85. The largest absolute Gasteiger partial charge is 0.491 e. The molecule has 1 aliphatic heterocycles. The second-order valence-corrected chi connectivity index (χ2v) is 7.95. The number of imidazole rings is 1. The van der Waals surface area contributed by atoms with Crippen LogP contribution >= 0.6 is 0 Å². The van der Waals surface area contributed by atoms with Crippen LogP contribution in [0.25, 0.3) is 44.8 Å². The Labute approximate surface area is 183 Å². The fourth-order valence-corrected chi connectivity index (χ4v) is 4.15. The summed E-state index contributed by atoms with van der Waals surface area (Å²) in [6.07, 6.45) is 9.63. The number of nitrogens with zero attached hydrogens (tertiary/aromatic N) is 6. The van der Waals surface area contributed by atoms with Crippen LogP contribution in [0.15, 0.2) is 49.1 Å². The van der Waals surface area contributed by atoms with Crippen LogP contribution in [-0.4, -0.2) is 66.3 Å². The van der Waals surface area contributed by atoms with Crippen LogP contribution in [0.1, 0.15) is 12.8 Å². The monoisotopic (exact) mass is 426 g/mol. The van der Waals surface area contributed by atoms with Gasteiger partial charge >= 0.3 is 0 Å². The van der Waals surface area contributed by atoms with Gasteiger partial charge in [0.1, 0.15) is 23.6 Å². The van der Waals surface area contributed by atoms with E-state index in [1.165, 1.54) is 25.9 Å². The molecule has 1 fully saturated rings. The van der Waals surface area contributed by atoms with Crippen molar-refractivity contribution in [3.63, 3.8) is 0 Å². The first-order valence-electron chi connectivity index (χ1n) is 10.8. The molecule has 1 aliphatic rings. The van der Waals surface area contributed by atoms with Gasteiger partial charge in [0.2, 0.25) is 0 Å². The first kappa shape index (κ1) is 18.9. The van der Waals surface area contributed by atoms with E-state index >= 15 is 0 Å². The summed E-state index contributed by atoms with van der Waals surface area (Å²) in [7, 11) is 0. The molecule has 0 bridgehead atoms. The molecule has 32 heavy (non-hydrogen) atoms. The third-order valence-corrected chi connectivity index (χ3v) is 5.81. The number of rotatable bonds is 6. The quantitative estimate of drug-likeness (QED) is 0.428. The molecule has 160 valence electrons. The third-order valence-electron chi connectivity index (χ3n) is 5.81. The van der Waals surface area contributed by atoms with Gasteiger partial charge in [-0.05, 0) is 50.2 Å². The number of hydrogen-bond acceptors (Lipinski definition) is 7. The highest BCUT2D eigenvalue weighted by atomic mass is 16.5. The molecule has 0 spiro atoms. The van der Waals surface area contributed by atoms with E-state index in [2.05, 4.69) is 40.0 Å². The summed E-state index contributed by atoms with van der Waals surface area (Å²) in [4.78, 5) is 23.6. The van der Waals surface area contributed by atoms with Gasteiger partial charge in [0.25, 0.3) is 0 Å². The summed E-state index contributed by atoms with van der Waals surface area (Å²) in [5, 5.41) is 8.42. The molecule has 6 heterocycles. The number of likely N-dealkylation sites (tertiary alicyclic amines) is 1. The van der Waals surface area contributed by atoms with Crippen molar-refractivity contribution in [1.82, 2.24) is 40.0 Å². The van der Waals surface area contributed by atoms with Crippen molar-refractivity contribution < 1.29 is 4.74 Å². The lowest BCUT2D eigenvalue weighted by Gasteiger charge is -2.15. The van der Waals surface area contributed by atoms with Crippen molar-refractivity contribution in [2.24, 2.45) is 0 Å². The van der Waals surface area contributed by atoms with Crippen molar-refractivity contribution in [1.29, 1.82) is 0 Å². The molecule has 9 nitrogen and oxygen atoms in total. The van der Waals surface area contributed by atoms with Gasteiger partial charge in [-0.1, -0.05) is 0 Å². The molecule has 0 aliphatic carbocycles. The summed E-state index contributed by atoms with van der Waals surface area (Å²) in [5.41, 5.74) is 4.79. The lowest BCUT2D eigenvalue weighted by atomic mass is 10.1. The second-order valence-electron chi connectivity index (χ2n) is 7.95. The van der Waals surface area contributed by atoms with E-state index < -0.39 is 0 Å². The number of fused-ring (bicyclic) bond motifs is 2. The van der Waals surface area contributed by atoms with Crippen LogP contribution in [0.4, 0.5) is 0 Å². The van der Waals surface area contributed by atoms with Gasteiger partial charge in [-0.25, -0.2) is 9.97 Å². The van der Waals surface area contributed by atoms with Gasteiger partial charge in [0.05, 0.1) is 23.6 Å². The van der Waals surface area contributed by atoms with Crippen LogP contribution in [0, 0.1) is 0 Å². The molecule has 0 amide bonds. The van der Waals surface area contributed by atoms with Crippen LogP contribution < -0.4 is 4.74 Å². The van der Waals surface area contributed by atoms with Crippen LogP contribution in [-0.2, 0) is 0 Å². The second kappa shape index (κ2) is 8.01. The molecule has 5 aromatic heterocycles. The fraction of sp³-hybridized carbons (Fsp3) is 0.261. The Balaban J connectivity index is 1.28. The Morgan fingerprint density at radius 1 is 1.06 bits per heavy atom. The smallest absolute Gasteiger partial charge is 0.160 e. The highest BCUT2D eigenvalue weighted by Gasteiger charge is 2.15. The maximum atomic E-state index is 5.96. The zero-order valence-corrected chi connectivity index (χ0v) is 17.5. The summed E-state index contributed by atoms with van der Waals surface area (Å²) in [6, 6.07) is 7.77. The number of nitrogens with one attached hydrogen (secondary N) is 2. The molecule has 0 saturated carbocycles. The summed E-state index contributed by atoms with van der Waals surface area (Å²) < 4.78 is 5.96.